The minimum Gasteiger partial charge on any atom is -0.336 e. The van der Waals surface area contributed by atoms with Gasteiger partial charge in [-0.2, -0.15) is 0 Å². The third kappa shape index (κ3) is 3.71. The number of hydrogen-bond donors (Lipinski definition) is 1. The van der Waals surface area contributed by atoms with Crippen molar-refractivity contribution in [2.45, 2.75) is 45.2 Å². The van der Waals surface area contributed by atoms with E-state index in [1.807, 2.05) is 0 Å². The van der Waals surface area contributed by atoms with E-state index in [9.17, 15) is 0 Å². The van der Waals surface area contributed by atoms with Crippen LogP contribution in [-0.2, 0) is 0 Å². The molecule has 0 bridgehead atoms. The topological polar surface area (TPSA) is 12.0 Å². The maximum absolute atomic E-state index is 3.56. The van der Waals surface area contributed by atoms with Crippen molar-refractivity contribution in [1.29, 1.82) is 0 Å². The molecule has 0 heterocycles. The van der Waals surface area contributed by atoms with E-state index < -0.39 is 0 Å². The first-order chi connectivity index (χ1) is 5.36. The van der Waals surface area contributed by atoms with E-state index in [2.05, 4.69) is 37.7 Å². The molecule has 64 valence electrons. The summed E-state index contributed by atoms with van der Waals surface area (Å²) in [6.07, 6.45) is 10.3. The van der Waals surface area contributed by atoms with Gasteiger partial charge in [-0.05, 0) is 12.8 Å². The molecule has 0 aromatic carbocycles. The van der Waals surface area contributed by atoms with Gasteiger partial charge in [-0.1, -0.05) is 26.3 Å². The third-order valence-electron chi connectivity index (χ3n) is 2.19. The molecule has 1 nitrogen and oxygen atoms in total. The van der Waals surface area contributed by atoms with Gasteiger partial charge in [0.1, 0.15) is 0 Å². The Morgan fingerprint density at radius 1 is 1.50 bits per heavy atom. The van der Waals surface area contributed by atoms with E-state index in [1.54, 1.807) is 0 Å². The zero-order valence-electron chi connectivity index (χ0n) is 8.51. The molecule has 0 saturated heterocycles. The molecule has 2 atom stereocenters. The van der Waals surface area contributed by atoms with Crippen molar-refractivity contribution in [1.82, 2.24) is 5.32 Å². The predicted octanol–water partition coefficient (Wildman–Crippen LogP) is -0.699. The summed E-state index contributed by atoms with van der Waals surface area (Å²) in [7, 11) is 0. The van der Waals surface area contributed by atoms with Crippen LogP contribution in [-0.4, -0.2) is 12.1 Å². The maximum Gasteiger partial charge on any atom is 1.00 e. The summed E-state index contributed by atoms with van der Waals surface area (Å²) in [5.74, 6) is 0. The third-order valence-corrected chi connectivity index (χ3v) is 2.19. The molecule has 0 fully saturated rings. The maximum atomic E-state index is 3.56. The summed E-state index contributed by atoms with van der Waals surface area (Å²) in [5.41, 5.74) is 0. The number of hydrogen-bond acceptors (Lipinski definition) is 1. The average molecular weight is 159 g/mol. The van der Waals surface area contributed by atoms with E-state index in [0.717, 1.165) is 0 Å². The van der Waals surface area contributed by atoms with Gasteiger partial charge in [0.25, 0.3) is 0 Å². The van der Waals surface area contributed by atoms with Crippen LogP contribution >= 0.6 is 0 Å². The van der Waals surface area contributed by atoms with E-state index in [-0.39, 0.29) is 18.9 Å². The van der Waals surface area contributed by atoms with Crippen LogP contribution in [0.25, 0.3) is 0 Å². The molecule has 12 heavy (non-hydrogen) atoms. The van der Waals surface area contributed by atoms with Crippen molar-refractivity contribution < 1.29 is 18.9 Å². The SMILES string of the molecule is CCCC(CC)NC1C=C[CH-]1.[Li+]. The summed E-state index contributed by atoms with van der Waals surface area (Å²) in [6, 6.07) is 1.28. The minimum absolute atomic E-state index is 0. The van der Waals surface area contributed by atoms with Gasteiger partial charge in [-0.15, -0.1) is 0 Å². The molecule has 1 aliphatic carbocycles. The smallest absolute Gasteiger partial charge is 0.336 e. The molecule has 0 radical (unpaired) electrons. The molecular formula is C10H18LiN. The van der Waals surface area contributed by atoms with E-state index in [4.69, 9.17) is 0 Å². The van der Waals surface area contributed by atoms with Gasteiger partial charge in [0, 0.05) is 6.04 Å². The van der Waals surface area contributed by atoms with Crippen LogP contribution in [0.2, 0.25) is 0 Å². The van der Waals surface area contributed by atoms with Crippen molar-refractivity contribution in [2.75, 3.05) is 0 Å². The number of nitrogens with one attached hydrogen (secondary N) is 1. The zero-order valence-corrected chi connectivity index (χ0v) is 8.51. The standard InChI is InChI=1S/C10H18N.Li/c1-3-6-9(4-2)11-10-7-5-8-10;/h5,7-11H,3-4,6H2,1-2H3;/q-1;+1. The second kappa shape index (κ2) is 6.66. The van der Waals surface area contributed by atoms with E-state index in [0.29, 0.717) is 12.1 Å². The Labute approximate surface area is 88.2 Å². The van der Waals surface area contributed by atoms with Gasteiger partial charge >= 0.3 is 18.9 Å². The second-order valence-electron chi connectivity index (χ2n) is 3.16. The fourth-order valence-corrected chi connectivity index (χ4v) is 1.36. The zero-order chi connectivity index (χ0) is 8.10. The molecule has 0 aliphatic heterocycles. The first-order valence-electron chi connectivity index (χ1n) is 4.64. The van der Waals surface area contributed by atoms with E-state index in [1.165, 1.54) is 19.3 Å². The van der Waals surface area contributed by atoms with E-state index >= 15 is 0 Å². The normalized spacial score (nSPS) is 22.0. The fraction of sp³-hybridized carbons (Fsp3) is 0.700. The van der Waals surface area contributed by atoms with Crippen molar-refractivity contribution in [3.8, 4) is 0 Å². The van der Waals surface area contributed by atoms with Crippen LogP contribution in [0.1, 0.15) is 33.1 Å². The summed E-state index contributed by atoms with van der Waals surface area (Å²) in [6.45, 7) is 4.49. The van der Waals surface area contributed by atoms with Gasteiger partial charge < -0.3 is 5.32 Å². The van der Waals surface area contributed by atoms with Crippen molar-refractivity contribution in [3.05, 3.63) is 18.6 Å². The Morgan fingerprint density at radius 2 is 2.17 bits per heavy atom. The minimum atomic E-state index is 0. The van der Waals surface area contributed by atoms with Crippen molar-refractivity contribution >= 4 is 0 Å². The average Bonchev–Trinajstić information content (AvgIpc) is 1.94. The van der Waals surface area contributed by atoms with Crippen molar-refractivity contribution in [2.24, 2.45) is 0 Å². The van der Waals surface area contributed by atoms with Crippen LogP contribution in [0, 0.1) is 6.42 Å². The van der Waals surface area contributed by atoms with Crippen LogP contribution < -0.4 is 24.2 Å². The molecule has 2 unspecified atom stereocenters. The van der Waals surface area contributed by atoms with Crippen LogP contribution in [0.5, 0.6) is 0 Å². The molecule has 0 aromatic heterocycles. The van der Waals surface area contributed by atoms with Gasteiger partial charge in [-0.25, -0.2) is 18.6 Å². The van der Waals surface area contributed by atoms with Gasteiger partial charge in [0.15, 0.2) is 0 Å². The predicted molar refractivity (Wildman–Crippen MR) is 49.4 cm³/mol. The Hall–Kier alpha value is 0.167. The molecule has 1 rings (SSSR count). The summed E-state index contributed by atoms with van der Waals surface area (Å²) in [5, 5.41) is 3.56. The van der Waals surface area contributed by atoms with Crippen molar-refractivity contribution in [3.63, 3.8) is 0 Å². The van der Waals surface area contributed by atoms with Crippen LogP contribution in [0.4, 0.5) is 0 Å². The summed E-state index contributed by atoms with van der Waals surface area (Å²) >= 11 is 0. The quantitative estimate of drug-likeness (QED) is 0.413. The second-order valence-corrected chi connectivity index (χ2v) is 3.16. The molecular weight excluding hydrogens is 141 g/mol. The Balaban J connectivity index is 0.00000121. The number of rotatable bonds is 5. The van der Waals surface area contributed by atoms with Gasteiger partial charge in [0.2, 0.25) is 0 Å². The van der Waals surface area contributed by atoms with Crippen LogP contribution in [0.3, 0.4) is 0 Å². The fourth-order valence-electron chi connectivity index (χ4n) is 1.36. The van der Waals surface area contributed by atoms with Gasteiger partial charge in [-0.3, -0.25) is 0 Å². The first kappa shape index (κ1) is 12.2. The molecule has 2 heteroatoms. The molecule has 0 spiro atoms. The molecule has 0 amide bonds. The van der Waals surface area contributed by atoms with Gasteiger partial charge in [0.05, 0.1) is 0 Å². The molecule has 0 saturated carbocycles. The summed E-state index contributed by atoms with van der Waals surface area (Å²) in [4.78, 5) is 0. The van der Waals surface area contributed by atoms with Crippen LogP contribution in [0.15, 0.2) is 12.2 Å². The molecule has 1 aliphatic rings. The Morgan fingerprint density at radius 3 is 2.50 bits per heavy atom. The monoisotopic (exact) mass is 159 g/mol. The molecule has 0 aromatic rings. The Kier molecular flexibility index (Phi) is 6.75. The first-order valence-corrected chi connectivity index (χ1v) is 4.64. The molecule has 1 N–H and O–H groups in total. The Bertz CT molecular complexity index is 134. The largest absolute Gasteiger partial charge is 1.00 e. The summed E-state index contributed by atoms with van der Waals surface area (Å²) < 4.78 is 0.